The normalized spacial score (nSPS) is 17.4. The summed E-state index contributed by atoms with van der Waals surface area (Å²) in [6.07, 6.45) is 1.90. The van der Waals surface area contributed by atoms with E-state index in [2.05, 4.69) is 4.90 Å². The molecule has 1 aliphatic rings. The van der Waals surface area contributed by atoms with Crippen molar-refractivity contribution in [2.75, 3.05) is 19.6 Å². The van der Waals surface area contributed by atoms with Gasteiger partial charge in [0, 0.05) is 32.5 Å². The zero-order valence-electron chi connectivity index (χ0n) is 9.59. The van der Waals surface area contributed by atoms with Crippen LogP contribution in [0.4, 0.5) is 8.78 Å². The monoisotopic (exact) mass is 239 g/mol. The van der Waals surface area contributed by atoms with Gasteiger partial charge in [-0.2, -0.15) is 0 Å². The lowest BCUT2D eigenvalue weighted by molar-refractivity contribution is -0.121. The number of piperidine rings is 1. The highest BCUT2D eigenvalue weighted by Crippen LogP contribution is 2.11. The number of likely N-dealkylation sites (tertiary alicyclic amines) is 1. The van der Waals surface area contributed by atoms with E-state index in [-0.39, 0.29) is 0 Å². The molecule has 1 heterocycles. The van der Waals surface area contributed by atoms with Crippen molar-refractivity contribution in [1.29, 1.82) is 0 Å². The molecule has 1 aromatic carbocycles. The summed E-state index contributed by atoms with van der Waals surface area (Å²) in [6, 6.07) is 4.00. The lowest BCUT2D eigenvalue weighted by Crippen LogP contribution is -2.35. The van der Waals surface area contributed by atoms with Crippen LogP contribution in [0.3, 0.4) is 0 Å². The molecule has 0 N–H and O–H groups in total. The van der Waals surface area contributed by atoms with Gasteiger partial charge in [0.2, 0.25) is 0 Å². The lowest BCUT2D eigenvalue weighted by atomic mass is 10.1. The molecular formula is C13H15F2NO. The standard InChI is InChI=1S/C13H15F2NO/c14-12-2-1-10(9-13(12)15)3-6-16-7-4-11(17)5-8-16/h1-2,9H,3-8H2. The topological polar surface area (TPSA) is 20.3 Å². The second kappa shape index (κ2) is 5.36. The first-order valence-corrected chi connectivity index (χ1v) is 5.83. The van der Waals surface area contributed by atoms with E-state index in [9.17, 15) is 13.6 Å². The zero-order chi connectivity index (χ0) is 12.3. The number of ketones is 1. The molecule has 0 unspecified atom stereocenters. The molecule has 92 valence electrons. The number of halogens is 2. The van der Waals surface area contributed by atoms with Crippen LogP contribution in [0.2, 0.25) is 0 Å². The Labute approximate surface area is 99.2 Å². The number of benzene rings is 1. The van der Waals surface area contributed by atoms with Gasteiger partial charge in [-0.1, -0.05) is 6.07 Å². The molecular weight excluding hydrogens is 224 g/mol. The third-order valence-electron chi connectivity index (χ3n) is 3.11. The van der Waals surface area contributed by atoms with Crippen molar-refractivity contribution >= 4 is 5.78 Å². The minimum absolute atomic E-state index is 0.314. The number of carbonyl (C=O) groups is 1. The highest BCUT2D eigenvalue weighted by Gasteiger charge is 2.15. The summed E-state index contributed by atoms with van der Waals surface area (Å²) in [7, 11) is 0. The maximum absolute atomic E-state index is 13.0. The minimum atomic E-state index is -0.808. The van der Waals surface area contributed by atoms with Crippen LogP contribution in [0, 0.1) is 11.6 Å². The van der Waals surface area contributed by atoms with Crippen molar-refractivity contribution in [2.24, 2.45) is 0 Å². The largest absolute Gasteiger partial charge is 0.302 e. The maximum atomic E-state index is 13.0. The third-order valence-corrected chi connectivity index (χ3v) is 3.11. The summed E-state index contributed by atoms with van der Waals surface area (Å²) in [4.78, 5) is 13.2. The SMILES string of the molecule is O=C1CCN(CCc2ccc(F)c(F)c2)CC1. The summed E-state index contributed by atoms with van der Waals surface area (Å²) in [5, 5.41) is 0. The average molecular weight is 239 g/mol. The smallest absolute Gasteiger partial charge is 0.159 e. The van der Waals surface area contributed by atoms with Crippen molar-refractivity contribution in [3.63, 3.8) is 0 Å². The molecule has 17 heavy (non-hydrogen) atoms. The van der Waals surface area contributed by atoms with Gasteiger partial charge >= 0.3 is 0 Å². The number of carbonyl (C=O) groups excluding carboxylic acids is 1. The first kappa shape index (κ1) is 12.2. The average Bonchev–Trinajstić information content (AvgIpc) is 2.33. The summed E-state index contributed by atoms with van der Waals surface area (Å²) < 4.78 is 25.7. The van der Waals surface area contributed by atoms with Gasteiger partial charge in [-0.15, -0.1) is 0 Å². The predicted molar refractivity (Wildman–Crippen MR) is 60.7 cm³/mol. The molecule has 1 aromatic rings. The summed E-state index contributed by atoms with van der Waals surface area (Å²) in [6.45, 7) is 2.35. The predicted octanol–water partition coefficient (Wildman–Crippen LogP) is 2.17. The van der Waals surface area contributed by atoms with E-state index in [1.165, 1.54) is 6.07 Å². The van der Waals surface area contributed by atoms with E-state index in [0.29, 0.717) is 25.0 Å². The Morgan fingerprint density at radius 1 is 1.12 bits per heavy atom. The van der Waals surface area contributed by atoms with Gasteiger partial charge in [-0.05, 0) is 24.1 Å². The van der Waals surface area contributed by atoms with Crippen LogP contribution >= 0.6 is 0 Å². The Bertz CT molecular complexity index is 410. The molecule has 0 spiro atoms. The number of rotatable bonds is 3. The van der Waals surface area contributed by atoms with Crippen LogP contribution in [0.5, 0.6) is 0 Å². The first-order valence-electron chi connectivity index (χ1n) is 5.83. The lowest BCUT2D eigenvalue weighted by Gasteiger charge is -2.25. The van der Waals surface area contributed by atoms with Gasteiger partial charge in [0.05, 0.1) is 0 Å². The number of hydrogen-bond donors (Lipinski definition) is 0. The molecule has 0 bridgehead atoms. The fourth-order valence-electron chi connectivity index (χ4n) is 2.01. The van der Waals surface area contributed by atoms with Crippen molar-refractivity contribution in [1.82, 2.24) is 4.90 Å². The van der Waals surface area contributed by atoms with Gasteiger partial charge in [0.25, 0.3) is 0 Å². The van der Waals surface area contributed by atoms with E-state index in [1.807, 2.05) is 0 Å². The summed E-state index contributed by atoms with van der Waals surface area (Å²) in [5.41, 5.74) is 0.792. The fraction of sp³-hybridized carbons (Fsp3) is 0.462. The Morgan fingerprint density at radius 2 is 1.82 bits per heavy atom. The Balaban J connectivity index is 1.85. The van der Waals surface area contributed by atoms with Crippen molar-refractivity contribution < 1.29 is 13.6 Å². The zero-order valence-corrected chi connectivity index (χ0v) is 9.59. The molecule has 0 amide bonds. The Kier molecular flexibility index (Phi) is 3.84. The number of nitrogens with zero attached hydrogens (tertiary/aromatic N) is 1. The molecule has 4 heteroatoms. The van der Waals surface area contributed by atoms with Crippen LogP contribution in [-0.4, -0.2) is 30.3 Å². The fourth-order valence-corrected chi connectivity index (χ4v) is 2.01. The van der Waals surface area contributed by atoms with Crippen molar-refractivity contribution in [2.45, 2.75) is 19.3 Å². The van der Waals surface area contributed by atoms with E-state index in [0.717, 1.165) is 31.3 Å². The molecule has 1 aliphatic heterocycles. The van der Waals surface area contributed by atoms with Crippen LogP contribution in [0.25, 0.3) is 0 Å². The highest BCUT2D eigenvalue weighted by molar-refractivity contribution is 5.79. The summed E-state index contributed by atoms with van der Waals surface area (Å²) in [5.74, 6) is -1.29. The van der Waals surface area contributed by atoms with Gasteiger partial charge in [0.1, 0.15) is 5.78 Å². The van der Waals surface area contributed by atoms with E-state index < -0.39 is 11.6 Å². The number of hydrogen-bond acceptors (Lipinski definition) is 2. The molecule has 2 nitrogen and oxygen atoms in total. The molecule has 2 rings (SSSR count). The van der Waals surface area contributed by atoms with Gasteiger partial charge in [-0.25, -0.2) is 8.78 Å². The number of Topliss-reactive ketones (excluding diaryl/α,β-unsaturated/α-hetero) is 1. The second-order valence-electron chi connectivity index (χ2n) is 4.38. The molecule has 0 atom stereocenters. The maximum Gasteiger partial charge on any atom is 0.159 e. The second-order valence-corrected chi connectivity index (χ2v) is 4.38. The summed E-state index contributed by atoms with van der Waals surface area (Å²) >= 11 is 0. The molecule has 0 saturated carbocycles. The van der Waals surface area contributed by atoms with Crippen molar-refractivity contribution in [3.05, 3.63) is 35.4 Å². The molecule has 0 aliphatic carbocycles. The van der Waals surface area contributed by atoms with Gasteiger partial charge in [-0.3, -0.25) is 4.79 Å². The van der Waals surface area contributed by atoms with Crippen LogP contribution < -0.4 is 0 Å². The highest BCUT2D eigenvalue weighted by atomic mass is 19.2. The third kappa shape index (κ3) is 3.33. The van der Waals surface area contributed by atoms with Crippen molar-refractivity contribution in [3.8, 4) is 0 Å². The van der Waals surface area contributed by atoms with E-state index >= 15 is 0 Å². The Hall–Kier alpha value is -1.29. The van der Waals surface area contributed by atoms with Gasteiger partial charge in [0.15, 0.2) is 11.6 Å². The Morgan fingerprint density at radius 3 is 2.47 bits per heavy atom. The van der Waals surface area contributed by atoms with E-state index in [1.54, 1.807) is 6.07 Å². The molecule has 0 radical (unpaired) electrons. The van der Waals surface area contributed by atoms with Gasteiger partial charge < -0.3 is 4.90 Å². The van der Waals surface area contributed by atoms with Crippen LogP contribution in [0.1, 0.15) is 18.4 Å². The van der Waals surface area contributed by atoms with Crippen LogP contribution in [-0.2, 0) is 11.2 Å². The first-order chi connectivity index (χ1) is 8.15. The van der Waals surface area contributed by atoms with E-state index in [4.69, 9.17) is 0 Å². The molecule has 1 fully saturated rings. The van der Waals surface area contributed by atoms with Crippen LogP contribution in [0.15, 0.2) is 18.2 Å². The molecule has 0 aromatic heterocycles. The quantitative estimate of drug-likeness (QED) is 0.805. The molecule has 1 saturated heterocycles. The minimum Gasteiger partial charge on any atom is -0.302 e.